The molecule has 0 bridgehead atoms. The minimum atomic E-state index is -1.42. The van der Waals surface area contributed by atoms with Crippen molar-refractivity contribution in [2.75, 3.05) is 41.5 Å². The number of likely N-dealkylation sites (N-methyl/N-ethyl adjacent to an activating group) is 1. The van der Waals surface area contributed by atoms with Gasteiger partial charge in [0.15, 0.2) is 24.7 Å². The summed E-state index contributed by atoms with van der Waals surface area (Å²) in [5.41, 5.74) is -2.31. The Morgan fingerprint density at radius 2 is 1.52 bits per heavy atom. The highest BCUT2D eigenvalue weighted by Gasteiger charge is 2.58. The molecule has 5 aliphatic heterocycles. The molecule has 64 heavy (non-hydrogen) atoms. The van der Waals surface area contributed by atoms with E-state index >= 15 is 0 Å². The largest absolute Gasteiger partial charge is 0.462 e. The molecule has 0 amide bonds. The maximum Gasteiger partial charge on any atom is 0.308 e. The van der Waals surface area contributed by atoms with Gasteiger partial charge in [0.25, 0.3) is 0 Å². The number of allylic oxidation sites excluding steroid dienone is 1. The third-order valence-corrected chi connectivity index (χ3v) is 14.3. The Morgan fingerprint density at radius 1 is 0.859 bits per heavy atom. The molecule has 0 spiro atoms. The summed E-state index contributed by atoms with van der Waals surface area (Å²) in [6, 6.07) is -0.257. The number of hydrogen-bond donors (Lipinski definition) is 5. The van der Waals surface area contributed by atoms with E-state index in [-0.39, 0.29) is 44.3 Å². The summed E-state index contributed by atoms with van der Waals surface area (Å²) in [7, 11) is 6.78. The van der Waals surface area contributed by atoms with Crippen LogP contribution in [-0.4, -0.2) is 193 Å². The third kappa shape index (κ3) is 12.5. The fourth-order valence-corrected chi connectivity index (χ4v) is 10.2. The number of rotatable bonds is 13. The Morgan fingerprint density at radius 3 is 2.12 bits per heavy atom. The molecule has 5 rings (SSSR count). The highest BCUT2D eigenvalue weighted by Crippen LogP contribution is 2.46. The van der Waals surface area contributed by atoms with Crippen LogP contribution in [0.25, 0.3) is 0 Å². The SMILES string of the molecule is CCC1OC(=O)CC(O)C(C)C(OC2CC(N(C)C)C(OC3CC(C)(O)C(O)C(C)O3)C(C)O2)C(CCO)CC(C)C(=O)C=CC2(C)OC2C1COC1OC(C)C(O)C(OC)C1OC. The number of fused-ring (bicyclic) bond motifs is 1. The van der Waals surface area contributed by atoms with Crippen molar-refractivity contribution in [3.05, 3.63) is 12.2 Å². The number of epoxide rings is 1. The highest BCUT2D eigenvalue weighted by molar-refractivity contribution is 5.91. The number of aliphatic hydroxyl groups excluding tert-OH is 4. The van der Waals surface area contributed by atoms with Crippen molar-refractivity contribution in [2.24, 2.45) is 23.7 Å². The van der Waals surface area contributed by atoms with Gasteiger partial charge in [-0.1, -0.05) is 20.8 Å². The van der Waals surface area contributed by atoms with Crippen molar-refractivity contribution in [1.82, 2.24) is 4.90 Å². The van der Waals surface area contributed by atoms with Crippen molar-refractivity contribution in [3.63, 3.8) is 0 Å². The topological polar surface area (TPSA) is 234 Å². The molecule has 0 radical (unpaired) electrons. The number of aliphatic hydroxyl groups is 5. The second-order valence-electron chi connectivity index (χ2n) is 19.5. The number of esters is 1. The number of carbonyl (C=O) groups is 2. The Balaban J connectivity index is 1.38. The lowest BCUT2D eigenvalue weighted by Gasteiger charge is -2.48. The van der Waals surface area contributed by atoms with Crippen LogP contribution in [0.1, 0.15) is 93.9 Å². The molecule has 370 valence electrons. The van der Waals surface area contributed by atoms with Crippen LogP contribution < -0.4 is 0 Å². The fourth-order valence-electron chi connectivity index (χ4n) is 10.2. The number of cyclic esters (lactones) is 1. The predicted octanol–water partition coefficient (Wildman–Crippen LogP) is 1.87. The average molecular weight is 918 g/mol. The summed E-state index contributed by atoms with van der Waals surface area (Å²) in [6.07, 6.45) is -7.47. The third-order valence-electron chi connectivity index (χ3n) is 14.3. The van der Waals surface area contributed by atoms with Gasteiger partial charge in [0.05, 0.1) is 55.3 Å². The van der Waals surface area contributed by atoms with E-state index in [2.05, 4.69) is 0 Å². The van der Waals surface area contributed by atoms with E-state index in [1.807, 2.05) is 46.7 Å². The summed E-state index contributed by atoms with van der Waals surface area (Å²) < 4.78 is 61.8. The zero-order valence-corrected chi connectivity index (χ0v) is 39.9. The Kier molecular flexibility index (Phi) is 18.8. The standard InChI is InChI=1S/C46H79NO17/c1-13-33-29(22-57-44-41(56-12)40(55-11)37(52)25(4)60-44)43-46(8,64-43)16-14-31(49)23(2)18-28(15-17-48)38(24(3)32(50)20-34(51)61-33)62-35-19-30(47(9)10)39(26(5)58-35)63-36-21-45(7,54)42(53)27(6)59-36/h14,16,23-30,32-33,35-44,48,50,52-54H,13,15,17-22H2,1-12H3. The van der Waals surface area contributed by atoms with Crippen LogP contribution >= 0.6 is 0 Å². The summed E-state index contributed by atoms with van der Waals surface area (Å²) in [6.45, 7) is 13.9. The van der Waals surface area contributed by atoms with Gasteiger partial charge in [-0.15, -0.1) is 0 Å². The van der Waals surface area contributed by atoms with Crippen LogP contribution in [0.4, 0.5) is 0 Å². The summed E-state index contributed by atoms with van der Waals surface area (Å²) >= 11 is 0. The van der Waals surface area contributed by atoms with Gasteiger partial charge in [-0.3, -0.25) is 9.59 Å². The lowest BCUT2D eigenvalue weighted by molar-refractivity contribution is -0.322. The van der Waals surface area contributed by atoms with Gasteiger partial charge >= 0.3 is 5.97 Å². The molecule has 18 nitrogen and oxygen atoms in total. The van der Waals surface area contributed by atoms with Crippen molar-refractivity contribution in [1.29, 1.82) is 0 Å². The molecule has 22 atom stereocenters. The van der Waals surface area contributed by atoms with E-state index in [0.717, 1.165) is 0 Å². The number of nitrogens with zero attached hydrogens (tertiary/aromatic N) is 1. The predicted molar refractivity (Wildman–Crippen MR) is 229 cm³/mol. The molecule has 5 heterocycles. The number of ether oxygens (including phenoxy) is 10. The summed E-state index contributed by atoms with van der Waals surface area (Å²) in [5, 5.41) is 54.3. The molecule has 0 aromatic carbocycles. The van der Waals surface area contributed by atoms with Crippen molar-refractivity contribution < 1.29 is 82.5 Å². The Hall–Kier alpha value is -1.72. The second kappa shape index (κ2) is 22.6. The van der Waals surface area contributed by atoms with Crippen molar-refractivity contribution in [2.45, 2.75) is 203 Å². The lowest BCUT2D eigenvalue weighted by Crippen LogP contribution is -2.60. The summed E-state index contributed by atoms with van der Waals surface area (Å²) in [5.74, 6) is -2.97. The van der Waals surface area contributed by atoms with Gasteiger partial charge in [0, 0.05) is 57.5 Å². The first-order chi connectivity index (χ1) is 30.1. The molecule has 4 saturated heterocycles. The monoisotopic (exact) mass is 918 g/mol. The van der Waals surface area contributed by atoms with Crippen LogP contribution in [0.5, 0.6) is 0 Å². The highest BCUT2D eigenvalue weighted by atomic mass is 16.7. The normalized spacial score (nSPS) is 47.6. The lowest BCUT2D eigenvalue weighted by atomic mass is 9.79. The van der Waals surface area contributed by atoms with E-state index in [0.29, 0.717) is 19.3 Å². The molecule has 0 aromatic heterocycles. The molecule has 4 fully saturated rings. The number of hydrogen-bond acceptors (Lipinski definition) is 18. The fraction of sp³-hybridized carbons (Fsp3) is 0.913. The van der Waals surface area contributed by atoms with Gasteiger partial charge in [0.2, 0.25) is 0 Å². The molecule has 0 saturated carbocycles. The Bertz CT molecular complexity index is 1530. The van der Waals surface area contributed by atoms with Crippen molar-refractivity contribution >= 4 is 11.8 Å². The maximum absolute atomic E-state index is 13.9. The molecule has 0 aliphatic carbocycles. The minimum absolute atomic E-state index is 0.00210. The molecule has 5 N–H and O–H groups in total. The van der Waals surface area contributed by atoms with E-state index in [9.17, 15) is 35.1 Å². The zero-order valence-electron chi connectivity index (χ0n) is 39.9. The molecule has 18 heteroatoms. The number of ketones is 1. The zero-order chi connectivity index (χ0) is 47.4. The smallest absolute Gasteiger partial charge is 0.308 e. The van der Waals surface area contributed by atoms with Gasteiger partial charge in [0.1, 0.15) is 42.2 Å². The van der Waals surface area contributed by atoms with Gasteiger partial charge < -0.3 is 77.8 Å². The Labute approximate surface area is 379 Å². The molecular formula is C46H79NO17. The van der Waals surface area contributed by atoms with Crippen LogP contribution in [0.15, 0.2) is 12.2 Å². The van der Waals surface area contributed by atoms with E-state index in [1.54, 1.807) is 33.8 Å². The second-order valence-corrected chi connectivity index (χ2v) is 19.5. The van der Waals surface area contributed by atoms with Gasteiger partial charge in [-0.25, -0.2) is 0 Å². The van der Waals surface area contributed by atoms with Gasteiger partial charge in [-0.2, -0.15) is 0 Å². The van der Waals surface area contributed by atoms with E-state index < -0.39 is 133 Å². The average Bonchev–Trinajstić information content (AvgIpc) is 3.91. The maximum atomic E-state index is 13.9. The first-order valence-electron chi connectivity index (χ1n) is 23.2. The minimum Gasteiger partial charge on any atom is -0.462 e. The van der Waals surface area contributed by atoms with Gasteiger partial charge in [-0.05, 0) is 86.0 Å². The first-order valence-corrected chi connectivity index (χ1v) is 23.2. The number of methoxy groups -OCH3 is 2. The molecule has 0 aromatic rings. The molecule has 22 unspecified atom stereocenters. The number of carbonyl (C=O) groups excluding carboxylic acids is 2. The van der Waals surface area contributed by atoms with E-state index in [1.165, 1.54) is 20.3 Å². The van der Waals surface area contributed by atoms with Crippen LogP contribution in [0.2, 0.25) is 0 Å². The first kappa shape index (κ1) is 53.2. The van der Waals surface area contributed by atoms with Crippen molar-refractivity contribution in [3.8, 4) is 0 Å². The quantitative estimate of drug-likeness (QED) is 0.131. The van der Waals surface area contributed by atoms with Crippen LogP contribution in [0, 0.1) is 23.7 Å². The summed E-state index contributed by atoms with van der Waals surface area (Å²) in [4.78, 5) is 29.7. The van der Waals surface area contributed by atoms with E-state index in [4.69, 9.17) is 47.4 Å². The molecule has 5 aliphatic rings. The van der Waals surface area contributed by atoms with Crippen LogP contribution in [-0.2, 0) is 57.0 Å². The molecular weight excluding hydrogens is 838 g/mol. The van der Waals surface area contributed by atoms with Crippen LogP contribution in [0.3, 0.4) is 0 Å².